The Balaban J connectivity index is 1.55. The Morgan fingerprint density at radius 3 is 2.45 bits per heavy atom. The molecule has 2 N–H and O–H groups in total. The molecule has 12 heteroatoms. The predicted molar refractivity (Wildman–Crippen MR) is 125 cm³/mol. The lowest BCUT2D eigenvalue weighted by Gasteiger charge is -2.42. The van der Waals surface area contributed by atoms with Crippen molar-refractivity contribution in [3.05, 3.63) is 48.4 Å². The molecular weight excluding hydrogens is 466 g/mol. The third kappa shape index (κ3) is 4.74. The summed E-state index contributed by atoms with van der Waals surface area (Å²) in [5.74, 6) is 0.243. The van der Waals surface area contributed by atoms with E-state index >= 15 is 0 Å². The molecule has 1 aromatic carbocycles. The maximum Gasteiger partial charge on any atom is 0.269 e. The summed E-state index contributed by atoms with van der Waals surface area (Å²) >= 11 is 0. The topological polar surface area (TPSA) is 134 Å². The van der Waals surface area contributed by atoms with Crippen LogP contribution in [0.4, 0.5) is 5.82 Å². The first-order valence-corrected chi connectivity index (χ1v) is 13.6. The fourth-order valence-electron chi connectivity index (χ4n) is 4.01. The highest BCUT2D eigenvalue weighted by Gasteiger charge is 2.36. The summed E-state index contributed by atoms with van der Waals surface area (Å²) in [6.45, 7) is 3.32. The van der Waals surface area contributed by atoms with Crippen LogP contribution in [0.25, 0.3) is 11.0 Å². The van der Waals surface area contributed by atoms with Gasteiger partial charge in [-0.1, -0.05) is 17.7 Å². The number of nitrogens with one attached hydrogen (secondary N) is 1. The molecule has 1 fully saturated rings. The van der Waals surface area contributed by atoms with Gasteiger partial charge < -0.3 is 10.0 Å². The minimum absolute atomic E-state index is 0.0272. The number of sulfonamides is 1. The van der Waals surface area contributed by atoms with E-state index < -0.39 is 26.2 Å². The van der Waals surface area contributed by atoms with Gasteiger partial charge in [-0.2, -0.15) is 0 Å². The smallest absolute Gasteiger partial charge is 0.269 e. The zero-order valence-electron chi connectivity index (χ0n) is 18.6. The van der Waals surface area contributed by atoms with E-state index in [0.29, 0.717) is 24.0 Å². The summed E-state index contributed by atoms with van der Waals surface area (Å²) in [5, 5.41) is 9.93. The van der Waals surface area contributed by atoms with Gasteiger partial charge in [0.2, 0.25) is 10.0 Å². The van der Waals surface area contributed by atoms with Crippen molar-refractivity contribution in [2.24, 2.45) is 0 Å². The van der Waals surface area contributed by atoms with Crippen LogP contribution < -0.4 is 9.62 Å². The van der Waals surface area contributed by atoms with Crippen LogP contribution >= 0.6 is 0 Å². The van der Waals surface area contributed by atoms with Crippen LogP contribution in [-0.2, 0) is 20.0 Å². The molecule has 1 atom stereocenters. The van der Waals surface area contributed by atoms with Crippen molar-refractivity contribution in [3.63, 3.8) is 0 Å². The van der Waals surface area contributed by atoms with Crippen molar-refractivity contribution in [2.45, 2.75) is 49.8 Å². The van der Waals surface area contributed by atoms with Crippen molar-refractivity contribution in [1.29, 1.82) is 0 Å². The van der Waals surface area contributed by atoms with Gasteiger partial charge in [0, 0.05) is 25.3 Å². The second kappa shape index (κ2) is 8.67. The second-order valence-electron chi connectivity index (χ2n) is 8.55. The highest BCUT2D eigenvalue weighted by Crippen LogP contribution is 2.33. The number of aliphatic hydroxyl groups is 1. The van der Waals surface area contributed by atoms with Crippen LogP contribution in [0.2, 0.25) is 0 Å². The Morgan fingerprint density at radius 1 is 1.15 bits per heavy atom. The third-order valence-electron chi connectivity index (χ3n) is 5.81. The lowest BCUT2D eigenvalue weighted by molar-refractivity contribution is 0.217. The minimum Gasteiger partial charge on any atom is -0.392 e. The second-order valence-corrected chi connectivity index (χ2v) is 12.2. The van der Waals surface area contributed by atoms with Gasteiger partial charge in [0.1, 0.15) is 12.1 Å². The zero-order valence-corrected chi connectivity index (χ0v) is 20.2. The Kier molecular flexibility index (Phi) is 6.20. The van der Waals surface area contributed by atoms with Gasteiger partial charge in [-0.15, -0.1) is 0 Å². The third-order valence-corrected chi connectivity index (χ3v) is 9.10. The molecule has 33 heavy (non-hydrogen) atoms. The Bertz CT molecular complexity index is 1360. The molecule has 0 radical (unpaired) electrons. The van der Waals surface area contributed by atoms with Gasteiger partial charge in [0.05, 0.1) is 22.1 Å². The maximum atomic E-state index is 13.2. The van der Waals surface area contributed by atoms with E-state index in [-0.39, 0.29) is 28.4 Å². The summed E-state index contributed by atoms with van der Waals surface area (Å²) in [6, 6.07) is 8.11. The lowest BCUT2D eigenvalue weighted by atomic mass is 9.86. The van der Waals surface area contributed by atoms with Crippen LogP contribution in [0.5, 0.6) is 0 Å². The maximum absolute atomic E-state index is 13.2. The number of aromatic nitrogens is 3. The molecule has 0 spiro atoms. The standard InChI is InChI=1S/C21H27N5O5S2/c1-14-4-6-18(7-5-14)33(30,31)26-9-8-19-20(22-13-23-21(19)26)25(3)17-10-16(11-17)24-32(28,29)12-15(2)27/h4-9,13,15-17,24,27H,10-12H2,1-3H3/t15-,16-,17+/m1/s1. The molecule has 3 aromatic rings. The van der Waals surface area contributed by atoms with Crippen molar-refractivity contribution in [1.82, 2.24) is 18.7 Å². The molecule has 10 nitrogen and oxygen atoms in total. The molecule has 0 aliphatic heterocycles. The number of benzene rings is 1. The van der Waals surface area contributed by atoms with E-state index in [0.717, 1.165) is 9.54 Å². The molecule has 1 aliphatic rings. The van der Waals surface area contributed by atoms with Crippen LogP contribution in [0, 0.1) is 6.92 Å². The van der Waals surface area contributed by atoms with Gasteiger partial charge in [0.15, 0.2) is 5.65 Å². The molecule has 4 rings (SSSR count). The van der Waals surface area contributed by atoms with Gasteiger partial charge in [0.25, 0.3) is 10.0 Å². The first kappa shape index (κ1) is 23.6. The average Bonchev–Trinajstić information content (AvgIpc) is 3.14. The molecule has 0 saturated heterocycles. The minimum atomic E-state index is -3.82. The Morgan fingerprint density at radius 2 is 1.82 bits per heavy atom. The quantitative estimate of drug-likeness (QED) is 0.479. The van der Waals surface area contributed by atoms with Crippen LogP contribution in [0.1, 0.15) is 25.3 Å². The van der Waals surface area contributed by atoms with E-state index in [1.165, 1.54) is 19.4 Å². The number of hydrogen-bond acceptors (Lipinski definition) is 8. The number of fused-ring (bicyclic) bond motifs is 1. The molecule has 178 valence electrons. The van der Waals surface area contributed by atoms with Gasteiger partial charge in [-0.25, -0.2) is 35.5 Å². The molecule has 1 saturated carbocycles. The summed E-state index contributed by atoms with van der Waals surface area (Å²) in [6.07, 6.45) is 3.01. The monoisotopic (exact) mass is 493 g/mol. The highest BCUT2D eigenvalue weighted by molar-refractivity contribution is 7.90. The van der Waals surface area contributed by atoms with Crippen LogP contribution in [0.15, 0.2) is 47.8 Å². The molecule has 0 bridgehead atoms. The first-order valence-electron chi connectivity index (χ1n) is 10.5. The van der Waals surface area contributed by atoms with Crippen molar-refractivity contribution in [2.75, 3.05) is 17.7 Å². The van der Waals surface area contributed by atoms with Crippen molar-refractivity contribution < 1.29 is 21.9 Å². The van der Waals surface area contributed by atoms with Crippen LogP contribution in [-0.4, -0.2) is 66.9 Å². The first-order chi connectivity index (χ1) is 15.5. The molecule has 2 aromatic heterocycles. The van der Waals surface area contributed by atoms with E-state index in [2.05, 4.69) is 14.7 Å². The van der Waals surface area contributed by atoms with E-state index in [4.69, 9.17) is 0 Å². The molecule has 0 unspecified atom stereocenters. The summed E-state index contributed by atoms with van der Waals surface area (Å²) in [5.41, 5.74) is 1.24. The molecule has 1 aliphatic carbocycles. The molecule has 2 heterocycles. The Hall–Kier alpha value is -2.54. The summed E-state index contributed by atoms with van der Waals surface area (Å²) in [7, 11) is -5.52. The number of rotatable bonds is 8. The van der Waals surface area contributed by atoms with Gasteiger partial charge >= 0.3 is 0 Å². The number of aliphatic hydroxyl groups excluding tert-OH is 1. The number of nitrogens with zero attached hydrogens (tertiary/aromatic N) is 4. The zero-order chi connectivity index (χ0) is 24.0. The van der Waals surface area contributed by atoms with E-state index in [1.54, 1.807) is 30.3 Å². The fraction of sp³-hybridized carbons (Fsp3) is 0.429. The normalized spacial score (nSPS) is 19.9. The van der Waals surface area contributed by atoms with Crippen molar-refractivity contribution in [3.8, 4) is 0 Å². The SMILES string of the molecule is Cc1ccc(S(=O)(=O)n2ccc3c(N(C)[C@H]4C[C@@H](NS(=O)(=O)C[C@@H](C)O)C4)ncnc32)cc1. The van der Waals surface area contributed by atoms with E-state index in [9.17, 15) is 21.9 Å². The fourth-order valence-corrected chi connectivity index (χ4v) is 6.74. The Labute approximate surface area is 193 Å². The van der Waals surface area contributed by atoms with Gasteiger partial charge in [-0.3, -0.25) is 0 Å². The van der Waals surface area contributed by atoms with Crippen LogP contribution in [0.3, 0.4) is 0 Å². The lowest BCUT2D eigenvalue weighted by Crippen LogP contribution is -2.54. The van der Waals surface area contributed by atoms with E-state index in [1.807, 2.05) is 18.9 Å². The molecule has 0 amide bonds. The predicted octanol–water partition coefficient (Wildman–Crippen LogP) is 1.24. The highest BCUT2D eigenvalue weighted by atomic mass is 32.2. The largest absolute Gasteiger partial charge is 0.392 e. The van der Waals surface area contributed by atoms with Gasteiger partial charge in [-0.05, 0) is 44.9 Å². The summed E-state index contributed by atoms with van der Waals surface area (Å²) in [4.78, 5) is 10.7. The molecular formula is C21H27N5O5S2. The summed E-state index contributed by atoms with van der Waals surface area (Å²) < 4.78 is 54.2. The average molecular weight is 494 g/mol. The number of hydrogen-bond donors (Lipinski definition) is 2. The number of aryl methyl sites for hydroxylation is 1. The number of anilines is 1. The van der Waals surface area contributed by atoms with Crippen molar-refractivity contribution >= 4 is 36.9 Å².